The first-order valence-electron chi connectivity index (χ1n) is 7.19. The summed E-state index contributed by atoms with van der Waals surface area (Å²) in [5, 5.41) is 0.107. The predicted octanol–water partition coefficient (Wildman–Crippen LogP) is 3.78. The van der Waals surface area contributed by atoms with E-state index in [2.05, 4.69) is 6.92 Å². The first-order valence-corrected chi connectivity index (χ1v) is 8.80. The maximum absolute atomic E-state index is 11.0. The van der Waals surface area contributed by atoms with E-state index in [1.54, 1.807) is 0 Å². The fourth-order valence-electron chi connectivity index (χ4n) is 2.14. The van der Waals surface area contributed by atoms with Crippen molar-refractivity contribution in [3.63, 3.8) is 0 Å². The van der Waals surface area contributed by atoms with Gasteiger partial charge >= 0.3 is 7.60 Å². The fraction of sp³-hybridized carbons (Fsp3) is 0.600. The van der Waals surface area contributed by atoms with Crippen LogP contribution >= 0.6 is 7.60 Å². The zero-order valence-corrected chi connectivity index (χ0v) is 15.0. The van der Waals surface area contributed by atoms with Crippen LogP contribution in [-0.4, -0.2) is 9.79 Å². The fourth-order valence-corrected chi connectivity index (χ4v) is 2.68. The molecule has 0 radical (unpaired) electrons. The van der Waals surface area contributed by atoms with Crippen LogP contribution in [0.15, 0.2) is 24.3 Å². The maximum atomic E-state index is 11.0. The summed E-state index contributed by atoms with van der Waals surface area (Å²) in [5.41, 5.74) is 1.16. The quantitative estimate of drug-likeness (QED) is 0.390. The molecule has 1 aromatic rings. The minimum Gasteiger partial charge on any atom is -0.321 e. The molecule has 0 saturated carbocycles. The van der Waals surface area contributed by atoms with E-state index in [0.29, 0.717) is 0 Å². The largest absolute Gasteiger partial charge is 0.356 e. The average Bonchev–Trinajstić information content (AvgIpc) is 2.37. The van der Waals surface area contributed by atoms with Crippen molar-refractivity contribution >= 4 is 12.9 Å². The van der Waals surface area contributed by atoms with Gasteiger partial charge in [0, 0.05) is 21.1 Å². The molecule has 114 valence electrons. The van der Waals surface area contributed by atoms with Gasteiger partial charge < -0.3 is 9.79 Å². The van der Waals surface area contributed by atoms with Gasteiger partial charge in [0.25, 0.3) is 0 Å². The van der Waals surface area contributed by atoms with E-state index in [9.17, 15) is 4.57 Å². The first-order chi connectivity index (χ1) is 9.04. The van der Waals surface area contributed by atoms with E-state index in [0.717, 1.165) is 18.4 Å². The van der Waals surface area contributed by atoms with Crippen molar-refractivity contribution in [3.05, 3.63) is 29.8 Å². The van der Waals surface area contributed by atoms with Crippen molar-refractivity contribution in [2.45, 2.75) is 58.3 Å². The normalized spacial score (nSPS) is 11.2. The van der Waals surface area contributed by atoms with Crippen molar-refractivity contribution in [2.24, 2.45) is 0 Å². The zero-order chi connectivity index (χ0) is 14.1. The van der Waals surface area contributed by atoms with E-state index in [1.807, 2.05) is 12.1 Å². The number of benzene rings is 1. The third kappa shape index (κ3) is 8.37. The molecule has 0 aliphatic heterocycles. The second-order valence-corrected chi connectivity index (χ2v) is 6.69. The molecule has 0 aliphatic carbocycles. The molecule has 0 saturated heterocycles. The van der Waals surface area contributed by atoms with Crippen molar-refractivity contribution in [1.82, 2.24) is 0 Å². The minimum absolute atomic E-state index is 0. The van der Waals surface area contributed by atoms with Crippen LogP contribution in [0.2, 0.25) is 0 Å². The number of hydrogen-bond acceptors (Lipinski definition) is 1. The predicted molar refractivity (Wildman–Crippen MR) is 79.8 cm³/mol. The van der Waals surface area contributed by atoms with Gasteiger partial charge in [-0.2, -0.15) is 0 Å². The van der Waals surface area contributed by atoms with Crippen molar-refractivity contribution in [3.8, 4) is 0 Å². The third-order valence-corrected chi connectivity index (χ3v) is 4.31. The summed E-state index contributed by atoms with van der Waals surface area (Å²) in [4.78, 5) is 18.0. The zero-order valence-electron chi connectivity index (χ0n) is 12.1. The molecule has 1 aromatic carbocycles. The molecular weight excluding hydrogens is 355 g/mol. The molecule has 0 aromatic heterocycles. The maximum Gasteiger partial charge on any atom is 0.356 e. The Balaban J connectivity index is 0.00000361. The Bertz CT molecular complexity index is 400. The van der Waals surface area contributed by atoms with E-state index in [1.165, 1.54) is 50.7 Å². The van der Waals surface area contributed by atoms with E-state index in [4.69, 9.17) is 9.79 Å². The van der Waals surface area contributed by atoms with Gasteiger partial charge in [-0.05, 0) is 30.5 Å². The first kappa shape index (κ1) is 20.1. The Labute approximate surface area is 136 Å². The van der Waals surface area contributed by atoms with Crippen LogP contribution in [0.25, 0.3) is 0 Å². The van der Waals surface area contributed by atoms with Gasteiger partial charge in [-0.25, -0.2) is 0 Å². The van der Waals surface area contributed by atoms with E-state index >= 15 is 0 Å². The molecule has 0 spiro atoms. The Morgan fingerprint density at radius 1 is 0.900 bits per heavy atom. The third-order valence-electron chi connectivity index (χ3n) is 3.34. The van der Waals surface area contributed by atoms with Gasteiger partial charge in [-0.3, -0.25) is 4.57 Å². The molecule has 2 N–H and O–H groups in total. The molecule has 0 amide bonds. The topological polar surface area (TPSA) is 57.5 Å². The summed E-state index contributed by atoms with van der Waals surface area (Å²) < 4.78 is 11.0. The van der Waals surface area contributed by atoms with Crippen LogP contribution < -0.4 is 5.30 Å². The molecule has 0 bridgehead atoms. The Morgan fingerprint density at radius 2 is 1.40 bits per heavy atom. The van der Waals surface area contributed by atoms with Crippen LogP contribution in [0.5, 0.6) is 0 Å². The molecule has 0 aliphatic rings. The Morgan fingerprint density at radius 3 is 1.90 bits per heavy atom. The summed E-state index contributed by atoms with van der Waals surface area (Å²) in [5.74, 6) is 0. The molecule has 1 rings (SSSR count). The Kier molecular flexibility index (Phi) is 10.8. The monoisotopic (exact) mass is 382 g/mol. The van der Waals surface area contributed by atoms with Crippen molar-refractivity contribution in [1.29, 1.82) is 0 Å². The van der Waals surface area contributed by atoms with E-state index in [-0.39, 0.29) is 26.4 Å². The molecular formula is C15H25MoO3P. The second kappa shape index (κ2) is 10.7. The van der Waals surface area contributed by atoms with Crippen molar-refractivity contribution in [2.75, 3.05) is 0 Å². The molecule has 3 nitrogen and oxygen atoms in total. The summed E-state index contributed by atoms with van der Waals surface area (Å²) in [6.07, 6.45) is 9.97. The van der Waals surface area contributed by atoms with Gasteiger partial charge in [-0.15, -0.1) is 0 Å². The van der Waals surface area contributed by atoms with Crippen molar-refractivity contribution < 1.29 is 35.4 Å². The van der Waals surface area contributed by atoms with Crippen LogP contribution in [0.1, 0.15) is 57.4 Å². The van der Waals surface area contributed by atoms with Gasteiger partial charge in [0.1, 0.15) is 0 Å². The minimum atomic E-state index is -4.09. The SMILES string of the molecule is CCCCCCCCCc1ccc(P(=O)(O)O)cc1.[Mo]. The average molecular weight is 380 g/mol. The van der Waals surface area contributed by atoms with Gasteiger partial charge in [0.15, 0.2) is 0 Å². The number of rotatable bonds is 9. The summed E-state index contributed by atoms with van der Waals surface area (Å²) in [7, 11) is -4.09. The Hall–Kier alpha value is 0.0583. The van der Waals surface area contributed by atoms with Crippen LogP contribution in [-0.2, 0) is 32.1 Å². The summed E-state index contributed by atoms with van der Waals surface area (Å²) in [6.45, 7) is 2.22. The number of unbranched alkanes of at least 4 members (excludes halogenated alkanes) is 6. The van der Waals surface area contributed by atoms with Gasteiger partial charge in [-0.1, -0.05) is 57.6 Å². The van der Waals surface area contributed by atoms with Crippen LogP contribution in [0, 0.1) is 0 Å². The number of hydrogen-bond donors (Lipinski definition) is 2. The summed E-state index contributed by atoms with van der Waals surface area (Å²) >= 11 is 0. The molecule has 0 unspecified atom stereocenters. The molecule has 0 heterocycles. The summed E-state index contributed by atoms with van der Waals surface area (Å²) in [6, 6.07) is 6.73. The second-order valence-electron chi connectivity index (χ2n) is 5.08. The van der Waals surface area contributed by atoms with Crippen LogP contribution in [0.3, 0.4) is 0 Å². The molecule has 5 heteroatoms. The van der Waals surface area contributed by atoms with E-state index < -0.39 is 7.60 Å². The van der Waals surface area contributed by atoms with Gasteiger partial charge in [0.2, 0.25) is 0 Å². The molecule has 20 heavy (non-hydrogen) atoms. The molecule has 0 atom stereocenters. The standard InChI is InChI=1S/C15H25O3P.Mo/c1-2-3-4-5-6-7-8-9-14-10-12-15(13-11-14)19(16,17)18;/h10-13H,2-9H2,1H3,(H2,16,17,18);. The molecule has 0 fully saturated rings. The van der Waals surface area contributed by atoms with Gasteiger partial charge in [0.05, 0.1) is 5.30 Å². The number of aryl methyl sites for hydroxylation is 1. The smallest absolute Gasteiger partial charge is 0.321 e. The van der Waals surface area contributed by atoms with Crippen LogP contribution in [0.4, 0.5) is 0 Å².